The SMILES string of the molecule is O=C(Cn1c(=O)[nH]c2ccccc21)NCCC1CCCNC1. The van der Waals surface area contributed by atoms with Crippen LogP contribution in [-0.2, 0) is 11.3 Å². The predicted molar refractivity (Wildman–Crippen MR) is 85.8 cm³/mol. The van der Waals surface area contributed by atoms with E-state index in [1.807, 2.05) is 24.3 Å². The minimum Gasteiger partial charge on any atom is -0.355 e. The average molecular weight is 302 g/mol. The fourth-order valence-electron chi connectivity index (χ4n) is 3.05. The number of piperidine rings is 1. The van der Waals surface area contributed by atoms with Crippen molar-refractivity contribution in [2.24, 2.45) is 5.92 Å². The van der Waals surface area contributed by atoms with Gasteiger partial charge in [-0.25, -0.2) is 4.79 Å². The number of carbonyl (C=O) groups is 1. The summed E-state index contributed by atoms with van der Waals surface area (Å²) in [5, 5.41) is 6.29. The molecule has 0 radical (unpaired) electrons. The summed E-state index contributed by atoms with van der Waals surface area (Å²) < 4.78 is 1.48. The lowest BCUT2D eigenvalue weighted by molar-refractivity contribution is -0.121. The highest BCUT2D eigenvalue weighted by atomic mass is 16.2. The molecular weight excluding hydrogens is 280 g/mol. The van der Waals surface area contributed by atoms with E-state index in [4.69, 9.17) is 0 Å². The van der Waals surface area contributed by atoms with Crippen LogP contribution in [0.1, 0.15) is 19.3 Å². The first-order valence-corrected chi connectivity index (χ1v) is 7.89. The fourth-order valence-corrected chi connectivity index (χ4v) is 3.05. The van der Waals surface area contributed by atoms with Crippen LogP contribution in [0.2, 0.25) is 0 Å². The molecule has 1 aliphatic heterocycles. The monoisotopic (exact) mass is 302 g/mol. The molecule has 1 amide bonds. The van der Waals surface area contributed by atoms with Gasteiger partial charge in [0.15, 0.2) is 0 Å². The van der Waals surface area contributed by atoms with Gasteiger partial charge in [0, 0.05) is 6.54 Å². The molecule has 0 bridgehead atoms. The van der Waals surface area contributed by atoms with E-state index in [-0.39, 0.29) is 18.1 Å². The van der Waals surface area contributed by atoms with Crippen LogP contribution < -0.4 is 16.3 Å². The number of nitrogens with one attached hydrogen (secondary N) is 3. The molecule has 1 fully saturated rings. The van der Waals surface area contributed by atoms with Gasteiger partial charge >= 0.3 is 5.69 Å². The van der Waals surface area contributed by atoms with Crippen molar-refractivity contribution in [2.75, 3.05) is 19.6 Å². The van der Waals surface area contributed by atoms with Gasteiger partial charge in [0.1, 0.15) is 6.54 Å². The number of hydrogen-bond donors (Lipinski definition) is 3. The standard InChI is InChI=1S/C16H22N4O2/c21-15(18-9-7-12-4-3-8-17-10-12)11-20-14-6-2-1-5-13(14)19-16(20)22/h1-2,5-6,12,17H,3-4,7-11H2,(H,18,21)(H,19,22). The Hall–Kier alpha value is -2.08. The maximum absolute atomic E-state index is 12.0. The van der Waals surface area contributed by atoms with Crippen LogP contribution >= 0.6 is 0 Å². The topological polar surface area (TPSA) is 78.9 Å². The number of imidazole rings is 1. The van der Waals surface area contributed by atoms with Crippen LogP contribution in [-0.4, -0.2) is 35.1 Å². The molecule has 2 heterocycles. The van der Waals surface area contributed by atoms with Gasteiger partial charge in [-0.3, -0.25) is 9.36 Å². The van der Waals surface area contributed by atoms with Crippen LogP contribution in [0.4, 0.5) is 0 Å². The summed E-state index contributed by atoms with van der Waals surface area (Å²) in [5.41, 5.74) is 1.28. The van der Waals surface area contributed by atoms with Crippen molar-refractivity contribution in [1.29, 1.82) is 0 Å². The lowest BCUT2D eigenvalue weighted by atomic mass is 9.96. The van der Waals surface area contributed by atoms with E-state index in [0.717, 1.165) is 30.5 Å². The maximum atomic E-state index is 12.0. The second kappa shape index (κ2) is 6.79. The van der Waals surface area contributed by atoms with E-state index < -0.39 is 0 Å². The summed E-state index contributed by atoms with van der Waals surface area (Å²) in [6.07, 6.45) is 3.43. The molecule has 1 saturated heterocycles. The van der Waals surface area contributed by atoms with Gasteiger partial charge in [0.2, 0.25) is 5.91 Å². The van der Waals surface area contributed by atoms with Gasteiger partial charge in [0.05, 0.1) is 11.0 Å². The molecule has 1 aromatic carbocycles. The Labute approximate surface area is 128 Å². The molecule has 6 nitrogen and oxygen atoms in total. The average Bonchev–Trinajstić information content (AvgIpc) is 2.84. The summed E-state index contributed by atoms with van der Waals surface area (Å²) >= 11 is 0. The highest BCUT2D eigenvalue weighted by Crippen LogP contribution is 2.13. The number of fused-ring (bicyclic) bond motifs is 1. The number of benzene rings is 1. The molecule has 1 unspecified atom stereocenters. The molecule has 0 saturated carbocycles. The minimum atomic E-state index is -0.243. The predicted octanol–water partition coefficient (Wildman–Crippen LogP) is 0.835. The zero-order valence-electron chi connectivity index (χ0n) is 12.6. The molecule has 1 aliphatic rings. The molecule has 1 aromatic heterocycles. The zero-order chi connectivity index (χ0) is 15.4. The van der Waals surface area contributed by atoms with E-state index in [9.17, 15) is 9.59 Å². The first-order valence-electron chi connectivity index (χ1n) is 7.89. The van der Waals surface area contributed by atoms with Gasteiger partial charge in [0.25, 0.3) is 0 Å². The summed E-state index contributed by atoms with van der Waals surface area (Å²) in [6.45, 7) is 2.87. The third kappa shape index (κ3) is 3.39. The first-order chi connectivity index (χ1) is 10.7. The van der Waals surface area contributed by atoms with Crippen LogP contribution in [0.3, 0.4) is 0 Å². The van der Waals surface area contributed by atoms with Crippen LogP contribution in [0.5, 0.6) is 0 Å². The Balaban J connectivity index is 1.54. The van der Waals surface area contributed by atoms with Crippen molar-refractivity contribution in [3.05, 3.63) is 34.7 Å². The normalized spacial score (nSPS) is 18.5. The number of H-pyrrole nitrogens is 1. The number of para-hydroxylation sites is 2. The molecule has 0 spiro atoms. The first kappa shape index (κ1) is 14.8. The summed E-state index contributed by atoms with van der Waals surface area (Å²) in [6, 6.07) is 7.40. The summed E-state index contributed by atoms with van der Waals surface area (Å²) in [7, 11) is 0. The van der Waals surface area contributed by atoms with E-state index in [2.05, 4.69) is 15.6 Å². The van der Waals surface area contributed by atoms with Gasteiger partial charge in [-0.15, -0.1) is 0 Å². The third-order valence-electron chi connectivity index (χ3n) is 4.26. The molecule has 0 aliphatic carbocycles. The lowest BCUT2D eigenvalue weighted by Crippen LogP contribution is -2.35. The molecule has 6 heteroatoms. The quantitative estimate of drug-likeness (QED) is 0.765. The van der Waals surface area contributed by atoms with Crippen LogP contribution in [0, 0.1) is 5.92 Å². The van der Waals surface area contributed by atoms with E-state index in [1.54, 1.807) is 0 Å². The molecule has 118 valence electrons. The highest BCUT2D eigenvalue weighted by molar-refractivity contribution is 5.80. The van der Waals surface area contributed by atoms with Crippen molar-refractivity contribution in [1.82, 2.24) is 20.2 Å². The third-order valence-corrected chi connectivity index (χ3v) is 4.26. The molecule has 3 rings (SSSR count). The van der Waals surface area contributed by atoms with Gasteiger partial charge in [-0.1, -0.05) is 12.1 Å². The number of aromatic amines is 1. The number of nitrogens with zero attached hydrogens (tertiary/aromatic N) is 1. The van der Waals surface area contributed by atoms with Crippen molar-refractivity contribution in [3.8, 4) is 0 Å². The van der Waals surface area contributed by atoms with Gasteiger partial charge < -0.3 is 15.6 Å². The van der Waals surface area contributed by atoms with Crippen molar-refractivity contribution >= 4 is 16.9 Å². The fraction of sp³-hybridized carbons (Fsp3) is 0.500. The number of hydrogen-bond acceptors (Lipinski definition) is 3. The largest absolute Gasteiger partial charge is 0.355 e. The van der Waals surface area contributed by atoms with E-state index >= 15 is 0 Å². The Morgan fingerprint density at radius 1 is 1.36 bits per heavy atom. The Bertz CT molecular complexity index is 697. The van der Waals surface area contributed by atoms with Crippen molar-refractivity contribution in [3.63, 3.8) is 0 Å². The smallest absolute Gasteiger partial charge is 0.326 e. The van der Waals surface area contributed by atoms with Gasteiger partial charge in [-0.2, -0.15) is 0 Å². The van der Waals surface area contributed by atoms with E-state index in [0.29, 0.717) is 12.5 Å². The molecular formula is C16H22N4O2. The molecule has 22 heavy (non-hydrogen) atoms. The Morgan fingerprint density at radius 2 is 2.23 bits per heavy atom. The number of aromatic nitrogens is 2. The highest BCUT2D eigenvalue weighted by Gasteiger charge is 2.14. The number of amides is 1. The van der Waals surface area contributed by atoms with Crippen molar-refractivity contribution in [2.45, 2.75) is 25.8 Å². The zero-order valence-corrected chi connectivity index (χ0v) is 12.6. The minimum absolute atomic E-state index is 0.0613. The number of carbonyl (C=O) groups excluding carboxylic acids is 1. The molecule has 1 atom stereocenters. The number of rotatable bonds is 5. The van der Waals surface area contributed by atoms with Crippen LogP contribution in [0.25, 0.3) is 11.0 Å². The van der Waals surface area contributed by atoms with Crippen molar-refractivity contribution < 1.29 is 4.79 Å². The summed E-state index contributed by atoms with van der Waals surface area (Å²) in [5.74, 6) is 0.528. The van der Waals surface area contributed by atoms with E-state index in [1.165, 1.54) is 17.4 Å². The molecule has 2 aromatic rings. The second-order valence-electron chi connectivity index (χ2n) is 5.88. The second-order valence-corrected chi connectivity index (χ2v) is 5.88. The lowest BCUT2D eigenvalue weighted by Gasteiger charge is -2.22. The maximum Gasteiger partial charge on any atom is 0.326 e. The van der Waals surface area contributed by atoms with Crippen LogP contribution in [0.15, 0.2) is 29.1 Å². The summed E-state index contributed by atoms with van der Waals surface area (Å²) in [4.78, 5) is 26.7. The Kier molecular flexibility index (Phi) is 4.58. The molecule has 3 N–H and O–H groups in total. The Morgan fingerprint density at radius 3 is 3.05 bits per heavy atom. The van der Waals surface area contributed by atoms with Gasteiger partial charge in [-0.05, 0) is 50.4 Å².